The van der Waals surface area contributed by atoms with E-state index in [9.17, 15) is 9.59 Å². The summed E-state index contributed by atoms with van der Waals surface area (Å²) in [5, 5.41) is 0. The minimum absolute atomic E-state index is 0. The third-order valence-electron chi connectivity index (χ3n) is 4.62. The maximum absolute atomic E-state index is 13.1. The van der Waals surface area contributed by atoms with Gasteiger partial charge in [-0.1, -0.05) is 30.3 Å². The Kier molecular flexibility index (Phi) is 7.21. The predicted molar refractivity (Wildman–Crippen MR) is 108 cm³/mol. The number of anilines is 2. The number of para-hydroxylation sites is 1. The first-order valence-electron chi connectivity index (χ1n) is 8.65. The summed E-state index contributed by atoms with van der Waals surface area (Å²) in [4.78, 5) is 28.2. The van der Waals surface area contributed by atoms with Gasteiger partial charge in [-0.05, 0) is 36.2 Å². The Bertz CT molecular complexity index is 768. The highest BCUT2D eigenvalue weighted by molar-refractivity contribution is 6.06. The molecule has 7 heteroatoms. The van der Waals surface area contributed by atoms with E-state index in [0.29, 0.717) is 19.5 Å². The van der Waals surface area contributed by atoms with E-state index in [2.05, 4.69) is 0 Å². The van der Waals surface area contributed by atoms with Crippen LogP contribution in [0.2, 0.25) is 0 Å². The van der Waals surface area contributed by atoms with Gasteiger partial charge in [-0.2, -0.15) is 0 Å². The molecular weight excluding hydrogens is 366 g/mol. The van der Waals surface area contributed by atoms with Gasteiger partial charge in [-0.15, -0.1) is 12.4 Å². The van der Waals surface area contributed by atoms with Crippen molar-refractivity contribution in [3.63, 3.8) is 0 Å². The molecular formula is C20H24ClN3O3. The molecule has 0 aliphatic carbocycles. The number of nitrogens with zero attached hydrogens (tertiary/aromatic N) is 2. The first kappa shape index (κ1) is 20.7. The van der Waals surface area contributed by atoms with Gasteiger partial charge in [-0.25, -0.2) is 4.79 Å². The number of hydrogen-bond acceptors (Lipinski definition) is 4. The van der Waals surface area contributed by atoms with E-state index in [4.69, 9.17) is 10.5 Å². The fourth-order valence-electron chi connectivity index (χ4n) is 3.20. The minimum atomic E-state index is -0.267. The molecule has 144 valence electrons. The molecule has 0 bridgehead atoms. The van der Waals surface area contributed by atoms with E-state index in [1.165, 1.54) is 7.11 Å². The molecule has 1 saturated heterocycles. The molecule has 2 aromatic rings. The molecule has 1 aliphatic rings. The maximum atomic E-state index is 13.1. The molecule has 0 saturated carbocycles. The molecule has 6 nitrogen and oxygen atoms in total. The van der Waals surface area contributed by atoms with Gasteiger partial charge in [0.1, 0.15) is 0 Å². The molecule has 1 atom stereocenters. The molecule has 2 N–H and O–H groups in total. The van der Waals surface area contributed by atoms with Crippen LogP contribution in [0.3, 0.4) is 0 Å². The lowest BCUT2D eigenvalue weighted by molar-refractivity contribution is -0.140. The Morgan fingerprint density at radius 3 is 2.37 bits per heavy atom. The number of nitrogens with two attached hydrogens (primary N) is 1. The molecule has 3 rings (SSSR count). The smallest absolute Gasteiger partial charge is 0.329 e. The minimum Gasteiger partial charge on any atom is -0.469 e. The van der Waals surface area contributed by atoms with Crippen LogP contribution in [0.5, 0.6) is 0 Å². The van der Waals surface area contributed by atoms with E-state index < -0.39 is 0 Å². The lowest BCUT2D eigenvalue weighted by Crippen LogP contribution is -2.35. The Labute approximate surface area is 165 Å². The number of urea groups is 1. The quantitative estimate of drug-likeness (QED) is 0.769. The lowest BCUT2D eigenvalue weighted by atomic mass is 10.1. The van der Waals surface area contributed by atoms with E-state index in [1.54, 1.807) is 9.80 Å². The highest BCUT2D eigenvalue weighted by atomic mass is 35.5. The van der Waals surface area contributed by atoms with Crippen LogP contribution in [0, 0.1) is 0 Å². The van der Waals surface area contributed by atoms with Crippen LogP contribution in [0.4, 0.5) is 16.2 Å². The average Bonchev–Trinajstić information content (AvgIpc) is 3.03. The third kappa shape index (κ3) is 4.59. The van der Waals surface area contributed by atoms with Crippen LogP contribution in [0.1, 0.15) is 18.4 Å². The van der Waals surface area contributed by atoms with Crippen LogP contribution in [0.25, 0.3) is 0 Å². The highest BCUT2D eigenvalue weighted by Gasteiger charge is 2.38. The first-order chi connectivity index (χ1) is 12.6. The summed E-state index contributed by atoms with van der Waals surface area (Å²) < 4.78 is 4.75. The van der Waals surface area contributed by atoms with Gasteiger partial charge in [0.25, 0.3) is 0 Å². The van der Waals surface area contributed by atoms with E-state index in [-0.39, 0.29) is 36.9 Å². The highest BCUT2D eigenvalue weighted by Crippen LogP contribution is 2.30. The van der Waals surface area contributed by atoms with E-state index in [1.807, 2.05) is 54.6 Å². The van der Waals surface area contributed by atoms with Crippen molar-refractivity contribution < 1.29 is 14.3 Å². The zero-order chi connectivity index (χ0) is 18.5. The van der Waals surface area contributed by atoms with Crippen molar-refractivity contribution in [3.05, 3.63) is 60.2 Å². The average molecular weight is 390 g/mol. The summed E-state index contributed by atoms with van der Waals surface area (Å²) in [5.74, 6) is -0.267. The molecule has 0 radical (unpaired) electrons. The number of halogens is 1. The van der Waals surface area contributed by atoms with Crippen molar-refractivity contribution in [1.82, 2.24) is 0 Å². The topological polar surface area (TPSA) is 75.9 Å². The van der Waals surface area contributed by atoms with Crippen molar-refractivity contribution in [2.45, 2.75) is 25.4 Å². The van der Waals surface area contributed by atoms with Gasteiger partial charge >= 0.3 is 12.0 Å². The normalized spacial score (nSPS) is 16.2. The van der Waals surface area contributed by atoms with Gasteiger partial charge in [0.15, 0.2) is 0 Å². The van der Waals surface area contributed by atoms with E-state index in [0.717, 1.165) is 16.9 Å². The Morgan fingerprint density at radius 2 is 1.78 bits per heavy atom. The SMILES string of the molecule is COC(=O)CCC1CN(c2ccc(CN)cc2)C(=O)N1c1ccccc1.Cl. The summed E-state index contributed by atoms with van der Waals surface area (Å²) in [5.41, 5.74) is 8.32. The second-order valence-electron chi connectivity index (χ2n) is 6.24. The van der Waals surface area contributed by atoms with Gasteiger partial charge in [0.05, 0.1) is 13.2 Å². The zero-order valence-corrected chi connectivity index (χ0v) is 16.0. The number of ether oxygens (including phenoxy) is 1. The summed E-state index contributed by atoms with van der Waals surface area (Å²) in [6, 6.07) is 17.0. The molecule has 0 aromatic heterocycles. The Hall–Kier alpha value is -2.57. The number of rotatable bonds is 6. The van der Waals surface area contributed by atoms with Crippen LogP contribution >= 0.6 is 12.4 Å². The molecule has 2 amide bonds. The second-order valence-corrected chi connectivity index (χ2v) is 6.24. The number of amides is 2. The predicted octanol–water partition coefficient (Wildman–Crippen LogP) is 3.34. The van der Waals surface area contributed by atoms with Crippen molar-refractivity contribution in [3.8, 4) is 0 Å². The maximum Gasteiger partial charge on any atom is 0.329 e. The van der Waals surface area contributed by atoms with Crippen molar-refractivity contribution in [1.29, 1.82) is 0 Å². The molecule has 1 aliphatic heterocycles. The van der Waals surface area contributed by atoms with Gasteiger partial charge in [0, 0.05) is 30.9 Å². The summed E-state index contributed by atoms with van der Waals surface area (Å²) in [7, 11) is 1.38. The fraction of sp³-hybridized carbons (Fsp3) is 0.300. The van der Waals surface area contributed by atoms with Crippen LogP contribution in [0.15, 0.2) is 54.6 Å². The second kappa shape index (κ2) is 9.39. The standard InChI is InChI=1S/C20H23N3O3.ClH/c1-26-19(24)12-11-18-14-22(16-9-7-15(13-21)8-10-16)20(25)23(18)17-5-3-2-4-6-17;/h2-10,18H,11-14,21H2,1H3;1H. The summed E-state index contributed by atoms with van der Waals surface area (Å²) >= 11 is 0. The number of hydrogen-bond donors (Lipinski definition) is 1. The molecule has 1 fully saturated rings. The van der Waals surface area contributed by atoms with Crippen LogP contribution < -0.4 is 15.5 Å². The molecule has 2 aromatic carbocycles. The van der Waals surface area contributed by atoms with Gasteiger partial charge < -0.3 is 10.5 Å². The van der Waals surface area contributed by atoms with E-state index >= 15 is 0 Å². The zero-order valence-electron chi connectivity index (χ0n) is 15.2. The third-order valence-corrected chi connectivity index (χ3v) is 4.62. The number of benzene rings is 2. The van der Waals surface area contributed by atoms with Crippen molar-refractivity contribution >= 4 is 35.8 Å². The molecule has 0 spiro atoms. The number of methoxy groups -OCH3 is 1. The number of carbonyl (C=O) groups is 2. The summed E-state index contributed by atoms with van der Waals surface area (Å²) in [6.07, 6.45) is 0.822. The molecule has 27 heavy (non-hydrogen) atoms. The lowest BCUT2D eigenvalue weighted by Gasteiger charge is -2.23. The summed E-state index contributed by atoms with van der Waals surface area (Å²) in [6.45, 7) is 0.985. The Balaban J connectivity index is 0.00000261. The largest absolute Gasteiger partial charge is 0.469 e. The van der Waals surface area contributed by atoms with Crippen molar-refractivity contribution in [2.75, 3.05) is 23.5 Å². The van der Waals surface area contributed by atoms with Crippen LogP contribution in [-0.2, 0) is 16.1 Å². The van der Waals surface area contributed by atoms with Gasteiger partial charge in [0.2, 0.25) is 0 Å². The number of carbonyl (C=O) groups excluding carboxylic acids is 2. The Morgan fingerprint density at radius 1 is 1.11 bits per heavy atom. The fourth-order valence-corrected chi connectivity index (χ4v) is 3.20. The first-order valence-corrected chi connectivity index (χ1v) is 8.65. The number of esters is 1. The monoisotopic (exact) mass is 389 g/mol. The van der Waals surface area contributed by atoms with Gasteiger partial charge in [-0.3, -0.25) is 14.6 Å². The van der Waals surface area contributed by atoms with Crippen LogP contribution in [-0.4, -0.2) is 31.7 Å². The molecule has 1 heterocycles. The molecule has 1 unspecified atom stereocenters. The van der Waals surface area contributed by atoms with Crippen molar-refractivity contribution in [2.24, 2.45) is 5.73 Å².